The largest absolute Gasteiger partial charge is 0.383 e. The van der Waals surface area contributed by atoms with Gasteiger partial charge in [0.15, 0.2) is 5.65 Å². The van der Waals surface area contributed by atoms with E-state index in [4.69, 9.17) is 4.74 Å². The SMILES string of the molecule is COCCNc1ccnc2c(-c3ccccc3F)cnn12. The third-order valence-corrected chi connectivity index (χ3v) is 3.18. The lowest BCUT2D eigenvalue weighted by atomic mass is 10.1. The zero-order chi connectivity index (χ0) is 14.7. The van der Waals surface area contributed by atoms with E-state index in [9.17, 15) is 4.39 Å². The summed E-state index contributed by atoms with van der Waals surface area (Å²) in [6, 6.07) is 8.43. The molecule has 0 spiro atoms. The number of methoxy groups -OCH3 is 1. The fourth-order valence-corrected chi connectivity index (χ4v) is 2.18. The van der Waals surface area contributed by atoms with Gasteiger partial charge < -0.3 is 10.1 Å². The molecule has 6 heteroatoms. The van der Waals surface area contributed by atoms with E-state index in [0.29, 0.717) is 29.9 Å². The standard InChI is InChI=1S/C15H15FN4O/c1-21-9-8-17-14-6-7-18-15-12(10-19-20(14)15)11-4-2-3-5-13(11)16/h2-7,10,17H,8-9H2,1H3. The number of aromatic nitrogens is 3. The molecule has 0 bridgehead atoms. The number of nitrogens with zero attached hydrogens (tertiary/aromatic N) is 3. The monoisotopic (exact) mass is 286 g/mol. The van der Waals surface area contributed by atoms with Gasteiger partial charge in [-0.15, -0.1) is 0 Å². The Bertz CT molecular complexity index is 756. The van der Waals surface area contributed by atoms with E-state index in [-0.39, 0.29) is 5.82 Å². The van der Waals surface area contributed by atoms with E-state index >= 15 is 0 Å². The van der Waals surface area contributed by atoms with Crippen molar-refractivity contribution < 1.29 is 9.13 Å². The fourth-order valence-electron chi connectivity index (χ4n) is 2.18. The Labute approximate surface area is 121 Å². The molecule has 1 N–H and O–H groups in total. The molecule has 3 rings (SSSR count). The van der Waals surface area contributed by atoms with Gasteiger partial charge in [0, 0.05) is 31.0 Å². The minimum Gasteiger partial charge on any atom is -0.383 e. The first-order valence-electron chi connectivity index (χ1n) is 6.61. The molecule has 0 saturated carbocycles. The molecule has 21 heavy (non-hydrogen) atoms. The second kappa shape index (κ2) is 5.88. The summed E-state index contributed by atoms with van der Waals surface area (Å²) in [6.45, 7) is 1.25. The van der Waals surface area contributed by atoms with Crippen molar-refractivity contribution >= 4 is 11.5 Å². The minimum atomic E-state index is -0.285. The number of fused-ring (bicyclic) bond motifs is 1. The van der Waals surface area contributed by atoms with Gasteiger partial charge in [0.2, 0.25) is 0 Å². The van der Waals surface area contributed by atoms with Crippen LogP contribution >= 0.6 is 0 Å². The summed E-state index contributed by atoms with van der Waals surface area (Å²) in [4.78, 5) is 4.31. The average molecular weight is 286 g/mol. The van der Waals surface area contributed by atoms with Gasteiger partial charge in [-0.3, -0.25) is 0 Å². The lowest BCUT2D eigenvalue weighted by molar-refractivity contribution is 0.210. The number of benzene rings is 1. The molecule has 0 saturated heterocycles. The lowest BCUT2D eigenvalue weighted by Crippen LogP contribution is -2.11. The van der Waals surface area contributed by atoms with Crippen molar-refractivity contribution in [2.75, 3.05) is 25.6 Å². The van der Waals surface area contributed by atoms with Crippen molar-refractivity contribution in [1.29, 1.82) is 0 Å². The summed E-state index contributed by atoms with van der Waals surface area (Å²) in [5, 5.41) is 7.51. The first-order chi connectivity index (χ1) is 10.3. The number of hydrogen-bond acceptors (Lipinski definition) is 4. The maximum absolute atomic E-state index is 13.9. The van der Waals surface area contributed by atoms with Crippen molar-refractivity contribution in [1.82, 2.24) is 14.6 Å². The van der Waals surface area contributed by atoms with Crippen LogP contribution in [-0.4, -0.2) is 34.9 Å². The highest BCUT2D eigenvalue weighted by atomic mass is 19.1. The van der Waals surface area contributed by atoms with Crippen LogP contribution in [0.3, 0.4) is 0 Å². The number of nitrogens with one attached hydrogen (secondary N) is 1. The van der Waals surface area contributed by atoms with Crippen molar-refractivity contribution in [2.24, 2.45) is 0 Å². The fraction of sp³-hybridized carbons (Fsp3) is 0.200. The number of halogens is 1. The highest BCUT2D eigenvalue weighted by Gasteiger charge is 2.13. The van der Waals surface area contributed by atoms with Gasteiger partial charge in [-0.2, -0.15) is 9.61 Å². The Hall–Kier alpha value is -2.47. The third-order valence-electron chi connectivity index (χ3n) is 3.18. The minimum absolute atomic E-state index is 0.285. The van der Waals surface area contributed by atoms with Crippen molar-refractivity contribution in [2.45, 2.75) is 0 Å². The van der Waals surface area contributed by atoms with Gasteiger partial charge in [0.05, 0.1) is 12.8 Å². The maximum Gasteiger partial charge on any atom is 0.165 e. The van der Waals surface area contributed by atoms with Crippen LogP contribution in [0.1, 0.15) is 0 Å². The Morgan fingerprint density at radius 3 is 2.90 bits per heavy atom. The molecule has 0 aliphatic rings. The Balaban J connectivity index is 2.03. The van der Waals surface area contributed by atoms with Crippen LogP contribution in [0.4, 0.5) is 10.2 Å². The number of ether oxygens (including phenoxy) is 1. The first kappa shape index (κ1) is 13.5. The molecule has 0 amide bonds. The number of rotatable bonds is 5. The molecular formula is C15H15FN4O. The molecule has 2 aromatic heterocycles. The summed E-state index contributed by atoms with van der Waals surface area (Å²) in [5.41, 5.74) is 1.78. The lowest BCUT2D eigenvalue weighted by Gasteiger charge is -2.07. The third kappa shape index (κ3) is 2.57. The second-order valence-electron chi connectivity index (χ2n) is 4.52. The molecule has 0 fully saturated rings. The van der Waals surface area contributed by atoms with Gasteiger partial charge >= 0.3 is 0 Å². The molecule has 2 heterocycles. The first-order valence-corrected chi connectivity index (χ1v) is 6.61. The predicted octanol–water partition coefficient (Wildman–Crippen LogP) is 2.59. The highest BCUT2D eigenvalue weighted by Crippen LogP contribution is 2.26. The summed E-state index contributed by atoms with van der Waals surface area (Å²) < 4.78 is 20.6. The molecular weight excluding hydrogens is 271 g/mol. The van der Waals surface area contributed by atoms with Crippen LogP contribution < -0.4 is 5.32 Å². The van der Waals surface area contributed by atoms with E-state index < -0.39 is 0 Å². The second-order valence-corrected chi connectivity index (χ2v) is 4.52. The van der Waals surface area contributed by atoms with Gasteiger partial charge in [0.1, 0.15) is 11.6 Å². The molecule has 3 aromatic rings. The zero-order valence-electron chi connectivity index (χ0n) is 11.6. The summed E-state index contributed by atoms with van der Waals surface area (Å²) in [5.74, 6) is 0.506. The van der Waals surface area contributed by atoms with Gasteiger partial charge in [-0.25, -0.2) is 9.37 Å². The van der Waals surface area contributed by atoms with Crippen LogP contribution in [0.15, 0.2) is 42.7 Å². The van der Waals surface area contributed by atoms with Gasteiger partial charge in [-0.05, 0) is 12.1 Å². The quantitative estimate of drug-likeness (QED) is 0.732. The van der Waals surface area contributed by atoms with E-state index in [0.717, 1.165) is 5.82 Å². The zero-order valence-corrected chi connectivity index (χ0v) is 11.6. The maximum atomic E-state index is 13.9. The van der Waals surface area contributed by atoms with Gasteiger partial charge in [-0.1, -0.05) is 18.2 Å². The van der Waals surface area contributed by atoms with Crippen LogP contribution in [0.2, 0.25) is 0 Å². The normalized spacial score (nSPS) is 11.0. The smallest absolute Gasteiger partial charge is 0.165 e. The molecule has 0 unspecified atom stereocenters. The molecule has 0 aliphatic carbocycles. The van der Waals surface area contributed by atoms with Gasteiger partial charge in [0.25, 0.3) is 0 Å². The van der Waals surface area contributed by atoms with Crippen molar-refractivity contribution in [3.8, 4) is 11.1 Å². The van der Waals surface area contributed by atoms with Crippen LogP contribution in [0.5, 0.6) is 0 Å². The van der Waals surface area contributed by atoms with Crippen LogP contribution in [0.25, 0.3) is 16.8 Å². The Kier molecular flexibility index (Phi) is 3.79. The Morgan fingerprint density at radius 2 is 2.10 bits per heavy atom. The molecule has 108 valence electrons. The van der Waals surface area contributed by atoms with E-state index in [1.807, 2.05) is 6.07 Å². The predicted molar refractivity (Wildman–Crippen MR) is 78.7 cm³/mol. The van der Waals surface area contributed by atoms with E-state index in [1.54, 1.807) is 42.2 Å². The average Bonchev–Trinajstić information content (AvgIpc) is 2.93. The summed E-state index contributed by atoms with van der Waals surface area (Å²) in [6.07, 6.45) is 3.30. The van der Waals surface area contributed by atoms with Crippen molar-refractivity contribution in [3.05, 3.63) is 48.5 Å². The topological polar surface area (TPSA) is 51.5 Å². The molecule has 0 aliphatic heterocycles. The van der Waals surface area contributed by atoms with Crippen LogP contribution in [-0.2, 0) is 4.74 Å². The van der Waals surface area contributed by atoms with Crippen molar-refractivity contribution in [3.63, 3.8) is 0 Å². The summed E-state index contributed by atoms with van der Waals surface area (Å²) in [7, 11) is 1.65. The van der Waals surface area contributed by atoms with E-state index in [1.165, 1.54) is 6.07 Å². The Morgan fingerprint density at radius 1 is 1.24 bits per heavy atom. The van der Waals surface area contributed by atoms with E-state index in [2.05, 4.69) is 15.4 Å². The molecule has 0 atom stereocenters. The highest BCUT2D eigenvalue weighted by molar-refractivity contribution is 5.78. The molecule has 5 nitrogen and oxygen atoms in total. The number of hydrogen-bond donors (Lipinski definition) is 1. The number of anilines is 1. The molecule has 0 radical (unpaired) electrons. The molecule has 1 aromatic carbocycles. The van der Waals surface area contributed by atoms with Crippen LogP contribution in [0, 0.1) is 5.82 Å². The summed E-state index contributed by atoms with van der Waals surface area (Å²) >= 11 is 0.